The molecule has 2 N–H and O–H groups in total. The van der Waals surface area contributed by atoms with E-state index >= 15 is 0 Å². The molecule has 0 aromatic rings. The van der Waals surface area contributed by atoms with Crippen molar-refractivity contribution in [3.8, 4) is 0 Å². The number of amides is 1. The van der Waals surface area contributed by atoms with Gasteiger partial charge in [0.15, 0.2) is 0 Å². The highest BCUT2D eigenvalue weighted by Gasteiger charge is 2.34. The van der Waals surface area contributed by atoms with Crippen LogP contribution in [-0.4, -0.2) is 47.2 Å². The highest BCUT2D eigenvalue weighted by Crippen LogP contribution is 2.18. The normalized spacial score (nSPS) is 20.3. The molecule has 0 saturated carbocycles. The number of carbonyl (C=O) groups is 1. The van der Waals surface area contributed by atoms with Crippen LogP contribution in [0.15, 0.2) is 0 Å². The minimum Gasteiger partial charge on any atom is -0.396 e. The number of nitrogens with one attached hydrogen (secondary N) is 1. The maximum atomic E-state index is 11.9. The van der Waals surface area contributed by atoms with E-state index in [1.165, 1.54) is 0 Å². The lowest BCUT2D eigenvalue weighted by Crippen LogP contribution is -2.59. The van der Waals surface area contributed by atoms with Gasteiger partial charge in [0.1, 0.15) is 0 Å². The van der Waals surface area contributed by atoms with Crippen LogP contribution in [0.1, 0.15) is 34.1 Å². The molecule has 0 aromatic heterocycles. The summed E-state index contributed by atoms with van der Waals surface area (Å²) in [5, 5.41) is 12.0. The van der Waals surface area contributed by atoms with Crippen molar-refractivity contribution in [3.63, 3.8) is 0 Å². The fraction of sp³-hybridized carbons (Fsp3) is 0.917. The molecule has 1 amide bonds. The third-order valence-electron chi connectivity index (χ3n) is 3.52. The lowest BCUT2D eigenvalue weighted by Gasteiger charge is -2.42. The number of likely N-dealkylation sites (tertiary alicyclic amines) is 1. The van der Waals surface area contributed by atoms with E-state index in [0.717, 1.165) is 19.5 Å². The van der Waals surface area contributed by atoms with Crippen molar-refractivity contribution in [2.45, 2.75) is 45.7 Å². The van der Waals surface area contributed by atoms with E-state index in [-0.39, 0.29) is 24.1 Å². The molecule has 4 heteroatoms. The van der Waals surface area contributed by atoms with Crippen LogP contribution in [0.25, 0.3) is 0 Å². The van der Waals surface area contributed by atoms with Gasteiger partial charge in [-0.3, -0.25) is 9.69 Å². The van der Waals surface area contributed by atoms with Gasteiger partial charge >= 0.3 is 0 Å². The second-order valence-electron chi connectivity index (χ2n) is 5.41. The van der Waals surface area contributed by atoms with Crippen LogP contribution >= 0.6 is 0 Å². The topological polar surface area (TPSA) is 52.6 Å². The number of nitrogens with zero attached hydrogens (tertiary/aromatic N) is 1. The van der Waals surface area contributed by atoms with Gasteiger partial charge < -0.3 is 10.4 Å². The van der Waals surface area contributed by atoms with Gasteiger partial charge in [0.25, 0.3) is 0 Å². The maximum absolute atomic E-state index is 11.9. The van der Waals surface area contributed by atoms with Gasteiger partial charge in [0.05, 0.1) is 6.04 Å². The van der Waals surface area contributed by atoms with Crippen LogP contribution in [0.3, 0.4) is 0 Å². The van der Waals surface area contributed by atoms with Gasteiger partial charge in [-0.05, 0) is 27.2 Å². The number of hydrogen-bond donors (Lipinski definition) is 2. The van der Waals surface area contributed by atoms with E-state index in [1.807, 2.05) is 20.8 Å². The minimum atomic E-state index is -0.132. The second kappa shape index (κ2) is 5.15. The molecule has 1 rings (SSSR count). The first-order valence-corrected chi connectivity index (χ1v) is 6.06. The fourth-order valence-corrected chi connectivity index (χ4v) is 1.73. The Morgan fingerprint density at radius 1 is 1.56 bits per heavy atom. The summed E-state index contributed by atoms with van der Waals surface area (Å²) < 4.78 is 0. The molecule has 16 heavy (non-hydrogen) atoms. The molecule has 0 aliphatic carbocycles. The summed E-state index contributed by atoms with van der Waals surface area (Å²) in [4.78, 5) is 14.0. The van der Waals surface area contributed by atoms with Gasteiger partial charge in [-0.2, -0.15) is 0 Å². The minimum absolute atomic E-state index is 0.0863. The Morgan fingerprint density at radius 3 is 2.56 bits per heavy atom. The molecular weight excluding hydrogens is 204 g/mol. The van der Waals surface area contributed by atoms with Gasteiger partial charge in [0.2, 0.25) is 5.91 Å². The molecule has 1 saturated heterocycles. The average molecular weight is 228 g/mol. The second-order valence-corrected chi connectivity index (χ2v) is 5.41. The van der Waals surface area contributed by atoms with Crippen molar-refractivity contribution in [3.05, 3.63) is 0 Å². The summed E-state index contributed by atoms with van der Waals surface area (Å²) in [5.41, 5.74) is -0.132. The van der Waals surface area contributed by atoms with Gasteiger partial charge in [-0.25, -0.2) is 0 Å². The Labute approximate surface area is 98.0 Å². The smallest absolute Gasteiger partial charge is 0.237 e. The first kappa shape index (κ1) is 13.5. The molecular formula is C12H24N2O2. The zero-order chi connectivity index (χ0) is 12.3. The number of carbonyl (C=O) groups excluding carboxylic acids is 1. The molecule has 4 nitrogen and oxygen atoms in total. The highest BCUT2D eigenvalue weighted by atomic mass is 16.3. The van der Waals surface area contributed by atoms with Gasteiger partial charge in [-0.1, -0.05) is 6.92 Å². The van der Waals surface area contributed by atoms with Gasteiger partial charge in [0, 0.05) is 31.2 Å². The Kier molecular flexibility index (Phi) is 4.33. The van der Waals surface area contributed by atoms with Crippen LogP contribution < -0.4 is 5.32 Å². The standard InChI is InChI=1S/C12H24N2O2/c1-5-12(3,4)13-11(16)9(2)14-6-10(7-14)8-15/h9-10,15H,5-8H2,1-4H3,(H,13,16). The van der Waals surface area contributed by atoms with Crippen molar-refractivity contribution in [1.82, 2.24) is 10.2 Å². The van der Waals surface area contributed by atoms with E-state index < -0.39 is 0 Å². The predicted octanol–water partition coefficient (Wildman–Crippen LogP) is 0.604. The number of hydrogen-bond acceptors (Lipinski definition) is 3. The largest absolute Gasteiger partial charge is 0.396 e. The highest BCUT2D eigenvalue weighted by molar-refractivity contribution is 5.82. The molecule has 94 valence electrons. The summed E-state index contributed by atoms with van der Waals surface area (Å²) in [6.45, 7) is 9.94. The van der Waals surface area contributed by atoms with Crippen LogP contribution in [0, 0.1) is 5.92 Å². The van der Waals surface area contributed by atoms with Crippen molar-refractivity contribution in [1.29, 1.82) is 0 Å². The lowest BCUT2D eigenvalue weighted by atomic mass is 9.97. The van der Waals surface area contributed by atoms with Crippen LogP contribution in [0.2, 0.25) is 0 Å². The molecule has 1 atom stereocenters. The molecule has 0 aromatic carbocycles. The van der Waals surface area contributed by atoms with E-state index in [0.29, 0.717) is 5.92 Å². The molecule has 1 fully saturated rings. The van der Waals surface area contributed by atoms with E-state index in [2.05, 4.69) is 17.1 Å². The van der Waals surface area contributed by atoms with Crippen molar-refractivity contribution >= 4 is 5.91 Å². The third-order valence-corrected chi connectivity index (χ3v) is 3.52. The lowest BCUT2D eigenvalue weighted by molar-refractivity contribution is -0.130. The van der Waals surface area contributed by atoms with Crippen LogP contribution in [-0.2, 0) is 4.79 Å². The molecule has 1 unspecified atom stereocenters. The number of aliphatic hydroxyl groups is 1. The predicted molar refractivity (Wildman–Crippen MR) is 64.1 cm³/mol. The molecule has 0 radical (unpaired) electrons. The van der Waals surface area contributed by atoms with E-state index in [1.54, 1.807) is 0 Å². The molecule has 0 bridgehead atoms. The zero-order valence-electron chi connectivity index (χ0n) is 10.8. The van der Waals surface area contributed by atoms with Crippen molar-refractivity contribution < 1.29 is 9.90 Å². The Hall–Kier alpha value is -0.610. The maximum Gasteiger partial charge on any atom is 0.237 e. The molecule has 1 heterocycles. The summed E-state index contributed by atoms with van der Waals surface area (Å²) in [5.74, 6) is 0.442. The molecule has 1 aliphatic heterocycles. The van der Waals surface area contributed by atoms with E-state index in [9.17, 15) is 4.79 Å². The Balaban J connectivity index is 2.38. The zero-order valence-corrected chi connectivity index (χ0v) is 10.8. The summed E-state index contributed by atoms with van der Waals surface area (Å²) in [6, 6.07) is -0.0892. The van der Waals surface area contributed by atoms with E-state index in [4.69, 9.17) is 5.11 Å². The summed E-state index contributed by atoms with van der Waals surface area (Å²) in [6.07, 6.45) is 0.921. The fourth-order valence-electron chi connectivity index (χ4n) is 1.73. The SMILES string of the molecule is CCC(C)(C)NC(=O)C(C)N1CC(CO)C1. The Morgan fingerprint density at radius 2 is 2.12 bits per heavy atom. The van der Waals surface area contributed by atoms with Crippen molar-refractivity contribution in [2.75, 3.05) is 19.7 Å². The van der Waals surface area contributed by atoms with Gasteiger partial charge in [-0.15, -0.1) is 0 Å². The number of rotatable bonds is 5. The monoisotopic (exact) mass is 228 g/mol. The average Bonchev–Trinajstić information content (AvgIpc) is 2.15. The molecule has 0 spiro atoms. The Bertz CT molecular complexity index is 247. The van der Waals surface area contributed by atoms with Crippen molar-refractivity contribution in [2.24, 2.45) is 5.92 Å². The summed E-state index contributed by atoms with van der Waals surface area (Å²) in [7, 11) is 0. The summed E-state index contributed by atoms with van der Waals surface area (Å²) >= 11 is 0. The first-order valence-electron chi connectivity index (χ1n) is 6.06. The molecule has 1 aliphatic rings. The van der Waals surface area contributed by atoms with Crippen LogP contribution in [0.5, 0.6) is 0 Å². The first-order chi connectivity index (χ1) is 7.39. The van der Waals surface area contributed by atoms with Crippen LogP contribution in [0.4, 0.5) is 0 Å². The number of aliphatic hydroxyl groups excluding tert-OH is 1. The quantitative estimate of drug-likeness (QED) is 0.724. The third kappa shape index (κ3) is 3.19.